The monoisotopic (exact) mass is 356 g/mol. The highest BCUT2D eigenvalue weighted by Gasteiger charge is 2.18. The number of carbonyl (C=O) groups excluding carboxylic acids is 1. The Bertz CT molecular complexity index is 662. The Labute approximate surface area is 144 Å². The molecule has 6 heteroatoms. The highest BCUT2D eigenvalue weighted by Crippen LogP contribution is 2.31. The molecule has 116 valence electrons. The predicted molar refractivity (Wildman–Crippen MR) is 91.1 cm³/mol. The molecular formula is C16H15Cl3N2O. The van der Waals surface area contributed by atoms with Crippen molar-refractivity contribution >= 4 is 40.7 Å². The number of hydrogen-bond donors (Lipinski definition) is 1. The maximum Gasteiger partial charge on any atom is 0.271 e. The summed E-state index contributed by atoms with van der Waals surface area (Å²) in [4.78, 5) is 16.2. The van der Waals surface area contributed by atoms with Gasteiger partial charge in [0.05, 0.1) is 15.1 Å². The number of halogens is 3. The lowest BCUT2D eigenvalue weighted by atomic mass is 9.96. The van der Waals surface area contributed by atoms with Crippen LogP contribution in [-0.4, -0.2) is 17.4 Å². The Morgan fingerprint density at radius 1 is 1.18 bits per heavy atom. The van der Waals surface area contributed by atoms with Gasteiger partial charge in [0.15, 0.2) is 0 Å². The summed E-state index contributed by atoms with van der Waals surface area (Å²) in [5.41, 5.74) is 1.26. The van der Waals surface area contributed by atoms with Gasteiger partial charge >= 0.3 is 0 Å². The molecule has 1 aromatic heterocycles. The third-order valence-electron chi connectivity index (χ3n) is 3.41. The van der Waals surface area contributed by atoms with Gasteiger partial charge in [0, 0.05) is 18.7 Å². The van der Waals surface area contributed by atoms with Gasteiger partial charge < -0.3 is 5.32 Å². The minimum atomic E-state index is -0.363. The lowest BCUT2D eigenvalue weighted by molar-refractivity contribution is 0.0946. The van der Waals surface area contributed by atoms with Crippen LogP contribution in [0, 0.1) is 0 Å². The molecule has 0 saturated carbocycles. The Morgan fingerprint density at radius 3 is 2.50 bits per heavy atom. The maximum atomic E-state index is 12.2. The van der Waals surface area contributed by atoms with Gasteiger partial charge in [-0.05, 0) is 12.0 Å². The van der Waals surface area contributed by atoms with Crippen molar-refractivity contribution in [1.82, 2.24) is 10.3 Å². The van der Waals surface area contributed by atoms with E-state index in [0.29, 0.717) is 6.54 Å². The van der Waals surface area contributed by atoms with Crippen LogP contribution in [0.25, 0.3) is 0 Å². The molecule has 0 unspecified atom stereocenters. The van der Waals surface area contributed by atoms with Crippen LogP contribution >= 0.6 is 34.8 Å². The molecule has 3 nitrogen and oxygen atoms in total. The maximum absolute atomic E-state index is 12.2. The second-order valence-electron chi connectivity index (χ2n) is 4.81. The lowest BCUT2D eigenvalue weighted by Crippen LogP contribution is -2.29. The summed E-state index contributed by atoms with van der Waals surface area (Å²) in [6.45, 7) is 2.58. The molecule has 2 aromatic rings. The molecule has 0 radical (unpaired) electrons. The van der Waals surface area contributed by atoms with Crippen LogP contribution in [-0.2, 0) is 0 Å². The highest BCUT2D eigenvalue weighted by atomic mass is 35.5. The van der Waals surface area contributed by atoms with Crippen molar-refractivity contribution < 1.29 is 4.79 Å². The number of rotatable bonds is 5. The zero-order valence-corrected chi connectivity index (χ0v) is 14.2. The second kappa shape index (κ2) is 7.82. The molecule has 1 atom stereocenters. The van der Waals surface area contributed by atoms with Crippen molar-refractivity contribution in [2.75, 3.05) is 6.54 Å². The van der Waals surface area contributed by atoms with E-state index in [2.05, 4.69) is 17.2 Å². The van der Waals surface area contributed by atoms with Crippen molar-refractivity contribution in [3.8, 4) is 0 Å². The number of pyridine rings is 1. The van der Waals surface area contributed by atoms with E-state index >= 15 is 0 Å². The molecule has 1 amide bonds. The molecule has 1 aromatic carbocycles. The molecule has 0 fully saturated rings. The van der Waals surface area contributed by atoms with E-state index in [1.54, 1.807) is 0 Å². The van der Waals surface area contributed by atoms with E-state index in [1.165, 1.54) is 11.8 Å². The van der Waals surface area contributed by atoms with Gasteiger partial charge in [0.2, 0.25) is 0 Å². The molecule has 0 saturated heterocycles. The van der Waals surface area contributed by atoms with Crippen LogP contribution < -0.4 is 5.32 Å². The molecule has 22 heavy (non-hydrogen) atoms. The van der Waals surface area contributed by atoms with E-state index in [9.17, 15) is 4.79 Å². The second-order valence-corrected chi connectivity index (χ2v) is 5.97. The number of hydrogen-bond acceptors (Lipinski definition) is 2. The van der Waals surface area contributed by atoms with Crippen molar-refractivity contribution in [1.29, 1.82) is 0 Å². The van der Waals surface area contributed by atoms with E-state index in [-0.39, 0.29) is 32.6 Å². The van der Waals surface area contributed by atoms with E-state index in [4.69, 9.17) is 34.8 Å². The summed E-state index contributed by atoms with van der Waals surface area (Å²) in [6.07, 6.45) is 2.23. The molecule has 0 aliphatic rings. The summed E-state index contributed by atoms with van der Waals surface area (Å²) in [5.74, 6) is -0.135. The summed E-state index contributed by atoms with van der Waals surface area (Å²) < 4.78 is 0. The summed E-state index contributed by atoms with van der Waals surface area (Å²) in [7, 11) is 0. The van der Waals surface area contributed by atoms with Gasteiger partial charge in [0.1, 0.15) is 5.69 Å². The first-order valence-corrected chi connectivity index (χ1v) is 8.00. The Kier molecular flexibility index (Phi) is 6.07. The van der Waals surface area contributed by atoms with Crippen LogP contribution in [0.5, 0.6) is 0 Å². The Morgan fingerprint density at radius 2 is 1.86 bits per heavy atom. The van der Waals surface area contributed by atoms with Crippen LogP contribution in [0.1, 0.15) is 35.3 Å². The smallest absolute Gasteiger partial charge is 0.271 e. The van der Waals surface area contributed by atoms with Crippen molar-refractivity contribution in [2.45, 2.75) is 19.3 Å². The number of benzene rings is 1. The molecule has 1 N–H and O–H groups in total. The Hall–Kier alpha value is -1.29. The number of nitrogens with zero attached hydrogens (tertiary/aromatic N) is 1. The van der Waals surface area contributed by atoms with Gasteiger partial charge in [-0.15, -0.1) is 0 Å². The van der Waals surface area contributed by atoms with Crippen LogP contribution in [0.2, 0.25) is 15.1 Å². The zero-order chi connectivity index (χ0) is 16.1. The number of nitrogens with one attached hydrogen (secondary N) is 1. The third-order valence-corrected chi connectivity index (χ3v) is 4.65. The van der Waals surface area contributed by atoms with Gasteiger partial charge in [-0.1, -0.05) is 72.1 Å². The Balaban J connectivity index is 2.08. The van der Waals surface area contributed by atoms with Crippen molar-refractivity contribution in [2.24, 2.45) is 0 Å². The average Bonchev–Trinajstić information content (AvgIpc) is 2.54. The van der Waals surface area contributed by atoms with Crippen LogP contribution in [0.15, 0.2) is 36.5 Å². The highest BCUT2D eigenvalue weighted by molar-refractivity contribution is 6.48. The van der Waals surface area contributed by atoms with Crippen molar-refractivity contribution in [3.63, 3.8) is 0 Å². The van der Waals surface area contributed by atoms with E-state index in [0.717, 1.165) is 6.42 Å². The summed E-state index contributed by atoms with van der Waals surface area (Å²) in [5, 5.41) is 3.28. The van der Waals surface area contributed by atoms with Gasteiger partial charge in [-0.2, -0.15) is 0 Å². The van der Waals surface area contributed by atoms with Crippen LogP contribution in [0.4, 0.5) is 0 Å². The zero-order valence-electron chi connectivity index (χ0n) is 11.9. The first kappa shape index (κ1) is 17.1. The lowest BCUT2D eigenvalue weighted by Gasteiger charge is -2.16. The molecule has 0 spiro atoms. The van der Waals surface area contributed by atoms with E-state index in [1.807, 2.05) is 30.3 Å². The van der Waals surface area contributed by atoms with E-state index < -0.39 is 0 Å². The quantitative estimate of drug-likeness (QED) is 0.821. The average molecular weight is 358 g/mol. The third kappa shape index (κ3) is 3.92. The summed E-state index contributed by atoms with van der Waals surface area (Å²) >= 11 is 17.8. The molecule has 0 aliphatic carbocycles. The van der Waals surface area contributed by atoms with Crippen LogP contribution in [0.3, 0.4) is 0 Å². The largest absolute Gasteiger partial charge is 0.350 e. The standard InChI is InChI=1S/C16H15Cl3N2O/c1-2-10(11-6-4-3-5-7-11)8-21-16(22)15-14(19)13(18)12(17)9-20-15/h3-7,9-10H,2,8H2,1H3,(H,21,22)/t10-/m1/s1. The molecular weight excluding hydrogens is 343 g/mol. The molecule has 0 bridgehead atoms. The first-order valence-electron chi connectivity index (χ1n) is 6.87. The fourth-order valence-corrected chi connectivity index (χ4v) is 2.69. The predicted octanol–water partition coefficient (Wildman–Crippen LogP) is 4.97. The fourth-order valence-electron chi connectivity index (χ4n) is 2.12. The normalized spacial score (nSPS) is 12.0. The van der Waals surface area contributed by atoms with Gasteiger partial charge in [-0.3, -0.25) is 4.79 Å². The topological polar surface area (TPSA) is 42.0 Å². The van der Waals surface area contributed by atoms with Gasteiger partial charge in [0.25, 0.3) is 5.91 Å². The number of amides is 1. The minimum Gasteiger partial charge on any atom is -0.350 e. The molecule has 1 heterocycles. The first-order chi connectivity index (χ1) is 10.5. The fraction of sp³-hybridized carbons (Fsp3) is 0.250. The van der Waals surface area contributed by atoms with Crippen molar-refractivity contribution in [3.05, 3.63) is 62.9 Å². The summed E-state index contributed by atoms with van der Waals surface area (Å²) in [6, 6.07) is 10.0. The number of carbonyl (C=O) groups is 1. The number of aromatic nitrogens is 1. The molecule has 2 rings (SSSR count). The van der Waals surface area contributed by atoms with Gasteiger partial charge in [-0.25, -0.2) is 4.98 Å². The molecule has 0 aliphatic heterocycles. The SMILES string of the molecule is CC[C@H](CNC(=O)c1ncc(Cl)c(Cl)c1Cl)c1ccccc1. The minimum absolute atomic E-state index is 0.0689.